The molecule has 0 saturated carbocycles. The molecule has 1 aromatic rings. The van der Waals surface area contributed by atoms with E-state index in [1.807, 2.05) is 19.9 Å². The van der Waals surface area contributed by atoms with Crippen LogP contribution in [-0.4, -0.2) is 6.54 Å². The van der Waals surface area contributed by atoms with E-state index >= 15 is 0 Å². The molecule has 15 heavy (non-hydrogen) atoms. The fraction of sp³-hybridized carbons (Fsp3) is 0.333. The maximum Gasteiger partial charge on any atom is 0.0488 e. The standard InChI is InChI=1S/C12H17BrN2/c1-3-4-5-6-15-12-7-9(2)11(14)8-10(12)13/h3-4,7-8,15H,5-6,14H2,1-2H3/b4-3+. The van der Waals surface area contributed by atoms with Crippen molar-refractivity contribution in [2.45, 2.75) is 20.3 Å². The molecule has 3 heteroatoms. The highest BCUT2D eigenvalue weighted by atomic mass is 79.9. The second kappa shape index (κ2) is 5.81. The Bertz CT molecular complexity index is 359. The third-order valence-corrected chi connectivity index (χ3v) is 2.87. The first kappa shape index (κ1) is 12.1. The fourth-order valence-electron chi connectivity index (χ4n) is 1.29. The number of hydrogen-bond donors (Lipinski definition) is 2. The molecule has 3 N–H and O–H groups in total. The van der Waals surface area contributed by atoms with Crippen LogP contribution >= 0.6 is 15.9 Å². The van der Waals surface area contributed by atoms with Gasteiger partial charge in [-0.25, -0.2) is 0 Å². The van der Waals surface area contributed by atoms with Gasteiger partial charge in [-0.3, -0.25) is 0 Å². The van der Waals surface area contributed by atoms with E-state index in [-0.39, 0.29) is 0 Å². The zero-order chi connectivity index (χ0) is 11.3. The smallest absolute Gasteiger partial charge is 0.0488 e. The summed E-state index contributed by atoms with van der Waals surface area (Å²) in [4.78, 5) is 0. The molecular formula is C12H17BrN2. The van der Waals surface area contributed by atoms with Crippen molar-refractivity contribution in [2.24, 2.45) is 0 Å². The predicted octanol–water partition coefficient (Wildman–Crippen LogP) is 3.72. The summed E-state index contributed by atoms with van der Waals surface area (Å²) in [7, 11) is 0. The number of aryl methyl sites for hydroxylation is 1. The largest absolute Gasteiger partial charge is 0.398 e. The van der Waals surface area contributed by atoms with E-state index in [1.54, 1.807) is 0 Å². The van der Waals surface area contributed by atoms with E-state index in [4.69, 9.17) is 5.73 Å². The molecule has 0 heterocycles. The highest BCUT2D eigenvalue weighted by Crippen LogP contribution is 2.27. The molecule has 0 radical (unpaired) electrons. The van der Waals surface area contributed by atoms with Gasteiger partial charge in [0.15, 0.2) is 0 Å². The average Bonchev–Trinajstić information content (AvgIpc) is 2.20. The molecule has 0 aromatic heterocycles. The highest BCUT2D eigenvalue weighted by molar-refractivity contribution is 9.10. The summed E-state index contributed by atoms with van der Waals surface area (Å²) in [6.45, 7) is 4.98. The Hall–Kier alpha value is -0.960. The van der Waals surface area contributed by atoms with Crippen LogP contribution in [0.1, 0.15) is 18.9 Å². The molecule has 0 bridgehead atoms. The molecule has 0 fully saturated rings. The molecular weight excluding hydrogens is 252 g/mol. The van der Waals surface area contributed by atoms with Gasteiger partial charge >= 0.3 is 0 Å². The highest BCUT2D eigenvalue weighted by Gasteiger charge is 2.02. The van der Waals surface area contributed by atoms with Crippen LogP contribution in [-0.2, 0) is 0 Å². The number of anilines is 2. The van der Waals surface area contributed by atoms with Crippen molar-refractivity contribution in [2.75, 3.05) is 17.6 Å². The molecule has 1 aromatic carbocycles. The molecule has 0 unspecified atom stereocenters. The summed E-state index contributed by atoms with van der Waals surface area (Å²) in [5, 5.41) is 3.36. The third kappa shape index (κ3) is 3.59. The zero-order valence-corrected chi connectivity index (χ0v) is 10.8. The summed E-state index contributed by atoms with van der Waals surface area (Å²) >= 11 is 3.49. The number of nitrogens with two attached hydrogens (primary N) is 1. The number of nitrogens with one attached hydrogen (secondary N) is 1. The van der Waals surface area contributed by atoms with Crippen LogP contribution in [0, 0.1) is 6.92 Å². The van der Waals surface area contributed by atoms with Crippen LogP contribution in [0.3, 0.4) is 0 Å². The molecule has 0 spiro atoms. The molecule has 2 nitrogen and oxygen atoms in total. The lowest BCUT2D eigenvalue weighted by Gasteiger charge is -2.10. The SMILES string of the molecule is C/C=C/CCNc1cc(C)c(N)cc1Br. The van der Waals surface area contributed by atoms with Crippen LogP contribution in [0.25, 0.3) is 0 Å². The Morgan fingerprint density at radius 2 is 2.20 bits per heavy atom. The lowest BCUT2D eigenvalue weighted by molar-refractivity contribution is 1.06. The van der Waals surface area contributed by atoms with Crippen LogP contribution < -0.4 is 11.1 Å². The van der Waals surface area contributed by atoms with E-state index < -0.39 is 0 Å². The number of hydrogen-bond acceptors (Lipinski definition) is 2. The second-order valence-electron chi connectivity index (χ2n) is 3.47. The first-order valence-electron chi connectivity index (χ1n) is 5.05. The molecule has 0 atom stereocenters. The summed E-state index contributed by atoms with van der Waals surface area (Å²) in [5.41, 5.74) is 8.82. The number of benzene rings is 1. The van der Waals surface area contributed by atoms with Crippen molar-refractivity contribution in [1.29, 1.82) is 0 Å². The van der Waals surface area contributed by atoms with E-state index in [2.05, 4.69) is 39.5 Å². The van der Waals surface area contributed by atoms with Gasteiger partial charge in [0, 0.05) is 22.4 Å². The quantitative estimate of drug-likeness (QED) is 0.496. The third-order valence-electron chi connectivity index (χ3n) is 2.22. The number of allylic oxidation sites excluding steroid dienone is 1. The summed E-state index contributed by atoms with van der Waals surface area (Å²) in [5.74, 6) is 0. The van der Waals surface area contributed by atoms with E-state index in [0.29, 0.717) is 0 Å². The summed E-state index contributed by atoms with van der Waals surface area (Å²) in [6.07, 6.45) is 5.24. The van der Waals surface area contributed by atoms with Crippen molar-refractivity contribution in [1.82, 2.24) is 0 Å². The lowest BCUT2D eigenvalue weighted by atomic mass is 10.2. The van der Waals surface area contributed by atoms with E-state index in [9.17, 15) is 0 Å². The Morgan fingerprint density at radius 3 is 2.87 bits per heavy atom. The first-order valence-corrected chi connectivity index (χ1v) is 5.85. The first-order chi connectivity index (χ1) is 7.15. The van der Waals surface area contributed by atoms with Gasteiger partial charge in [0.05, 0.1) is 0 Å². The van der Waals surface area contributed by atoms with Crippen LogP contribution in [0.2, 0.25) is 0 Å². The monoisotopic (exact) mass is 268 g/mol. The predicted molar refractivity (Wildman–Crippen MR) is 71.2 cm³/mol. The lowest BCUT2D eigenvalue weighted by Crippen LogP contribution is -2.02. The van der Waals surface area contributed by atoms with E-state index in [1.165, 1.54) is 0 Å². The Balaban J connectivity index is 2.65. The Morgan fingerprint density at radius 1 is 1.47 bits per heavy atom. The van der Waals surface area contributed by atoms with Gasteiger partial charge in [0.25, 0.3) is 0 Å². The molecule has 1 rings (SSSR count). The molecule has 0 amide bonds. The summed E-state index contributed by atoms with van der Waals surface area (Å²) < 4.78 is 1.02. The number of nitrogen functional groups attached to an aromatic ring is 1. The normalized spacial score (nSPS) is 10.9. The van der Waals surface area contributed by atoms with Gasteiger partial charge in [-0.2, -0.15) is 0 Å². The topological polar surface area (TPSA) is 38.0 Å². The average molecular weight is 269 g/mol. The van der Waals surface area contributed by atoms with Crippen molar-refractivity contribution in [3.63, 3.8) is 0 Å². The van der Waals surface area contributed by atoms with Crippen molar-refractivity contribution in [3.05, 3.63) is 34.3 Å². The number of halogens is 1. The van der Waals surface area contributed by atoms with Crippen LogP contribution in [0.15, 0.2) is 28.8 Å². The maximum absolute atomic E-state index is 5.80. The Labute approximate surface area is 99.7 Å². The van der Waals surface area contributed by atoms with Gasteiger partial charge in [0.2, 0.25) is 0 Å². The Kier molecular flexibility index (Phi) is 4.69. The molecule has 0 aliphatic rings. The molecule has 82 valence electrons. The minimum absolute atomic E-state index is 0.820. The van der Waals surface area contributed by atoms with Gasteiger partial charge < -0.3 is 11.1 Å². The zero-order valence-electron chi connectivity index (χ0n) is 9.18. The number of rotatable bonds is 4. The summed E-state index contributed by atoms with van der Waals surface area (Å²) in [6, 6.07) is 4.00. The maximum atomic E-state index is 5.80. The van der Waals surface area contributed by atoms with Gasteiger partial charge in [-0.05, 0) is 53.9 Å². The van der Waals surface area contributed by atoms with Gasteiger partial charge in [0.1, 0.15) is 0 Å². The second-order valence-corrected chi connectivity index (χ2v) is 4.33. The molecule has 0 saturated heterocycles. The fourth-order valence-corrected chi connectivity index (χ4v) is 1.79. The minimum atomic E-state index is 0.820. The molecule has 0 aliphatic carbocycles. The van der Waals surface area contributed by atoms with Crippen molar-refractivity contribution < 1.29 is 0 Å². The minimum Gasteiger partial charge on any atom is -0.398 e. The van der Waals surface area contributed by atoms with Crippen LogP contribution in [0.4, 0.5) is 11.4 Å². The van der Waals surface area contributed by atoms with E-state index in [0.717, 1.165) is 34.4 Å². The van der Waals surface area contributed by atoms with Crippen molar-refractivity contribution in [3.8, 4) is 0 Å². The van der Waals surface area contributed by atoms with Crippen LogP contribution in [0.5, 0.6) is 0 Å². The molecule has 0 aliphatic heterocycles. The van der Waals surface area contributed by atoms with Gasteiger partial charge in [-0.1, -0.05) is 12.2 Å². The van der Waals surface area contributed by atoms with Gasteiger partial charge in [-0.15, -0.1) is 0 Å². The van der Waals surface area contributed by atoms with Crippen molar-refractivity contribution >= 4 is 27.3 Å².